The Hall–Kier alpha value is -2.12. The number of benzene rings is 1. The van der Waals surface area contributed by atoms with E-state index in [2.05, 4.69) is 4.98 Å². The smallest absolute Gasteiger partial charge is 0.252 e. The molecule has 1 aromatic carbocycles. The van der Waals surface area contributed by atoms with Crippen molar-refractivity contribution in [2.75, 3.05) is 0 Å². The normalized spacial score (nSPS) is 10.4. The zero-order valence-corrected chi connectivity index (χ0v) is 11.7. The lowest BCUT2D eigenvalue weighted by Gasteiger charge is -2.13. The summed E-state index contributed by atoms with van der Waals surface area (Å²) in [5, 5.41) is 10.3. The molecule has 4 N–H and O–H groups in total. The monoisotopic (exact) mass is 311 g/mol. The molecule has 2 rings (SSSR count). The van der Waals surface area contributed by atoms with Crippen molar-refractivity contribution >= 4 is 29.7 Å². The lowest BCUT2D eigenvalue weighted by Crippen LogP contribution is -2.23. The van der Waals surface area contributed by atoms with Crippen LogP contribution in [0.4, 0.5) is 0 Å². The predicted molar refractivity (Wildman–Crippen MR) is 77.2 cm³/mol. The number of phenolic OH excluding ortho intramolecular Hbond substituents is 1. The first-order valence-corrected chi connectivity index (χ1v) is 6.28. The number of hydrogen-bond acceptors (Lipinski definition) is 4. The van der Waals surface area contributed by atoms with E-state index < -0.39 is 11.5 Å². The number of nitrogens with one attached hydrogen (secondary N) is 1. The molecule has 6 nitrogen and oxygen atoms in total. The number of aromatic nitrogens is 2. The first-order chi connectivity index (χ1) is 9.38. The number of amides is 1. The minimum Gasteiger partial charge on any atom is -0.507 e. The van der Waals surface area contributed by atoms with E-state index in [-0.39, 0.29) is 28.3 Å². The Bertz CT molecular complexity index is 797. The van der Waals surface area contributed by atoms with Gasteiger partial charge in [0.1, 0.15) is 12.3 Å². The van der Waals surface area contributed by atoms with E-state index in [1.165, 1.54) is 28.8 Å². The Labute approximate surface area is 123 Å². The van der Waals surface area contributed by atoms with Crippen LogP contribution in [0.1, 0.15) is 0 Å². The fourth-order valence-electron chi connectivity index (χ4n) is 1.77. The third kappa shape index (κ3) is 2.89. The number of nitrogens with two attached hydrogens (primary N) is 1. The van der Waals surface area contributed by atoms with Gasteiger partial charge >= 0.3 is 0 Å². The number of aromatic amines is 1. The van der Waals surface area contributed by atoms with E-state index in [9.17, 15) is 14.7 Å². The molecular weight excluding hydrogens is 302 g/mol. The SMILES string of the molecule is NC(=O)Cn1c(-c2cc(Cl)ccc2O)cc(=O)[nH]c1=S. The van der Waals surface area contributed by atoms with Crippen LogP contribution in [0.3, 0.4) is 0 Å². The van der Waals surface area contributed by atoms with Crippen LogP contribution in [0.5, 0.6) is 5.75 Å². The zero-order valence-electron chi connectivity index (χ0n) is 10.1. The van der Waals surface area contributed by atoms with Gasteiger partial charge in [-0.2, -0.15) is 0 Å². The maximum Gasteiger partial charge on any atom is 0.252 e. The summed E-state index contributed by atoms with van der Waals surface area (Å²) in [7, 11) is 0. The van der Waals surface area contributed by atoms with Crippen LogP contribution in [0.2, 0.25) is 5.02 Å². The van der Waals surface area contributed by atoms with Crippen molar-refractivity contribution in [3.8, 4) is 17.0 Å². The molecule has 0 spiro atoms. The van der Waals surface area contributed by atoms with Crippen molar-refractivity contribution in [2.24, 2.45) is 5.73 Å². The van der Waals surface area contributed by atoms with Gasteiger partial charge in [-0.25, -0.2) is 0 Å². The number of aromatic hydroxyl groups is 1. The number of carbonyl (C=O) groups excluding carboxylic acids is 1. The topological polar surface area (TPSA) is 101 Å². The van der Waals surface area contributed by atoms with Gasteiger partial charge in [0, 0.05) is 16.7 Å². The Morgan fingerprint density at radius 3 is 2.80 bits per heavy atom. The molecule has 0 saturated carbocycles. The standard InChI is InChI=1S/C12H10ClN3O3S/c13-6-1-2-9(17)7(3-6)8-4-11(19)15-12(20)16(8)5-10(14)18/h1-4,17H,5H2,(H2,14,18)(H,15,19,20). The van der Waals surface area contributed by atoms with Crippen molar-refractivity contribution in [3.05, 3.63) is 44.4 Å². The number of hydrogen-bond donors (Lipinski definition) is 3. The Kier molecular flexibility index (Phi) is 3.91. The third-order valence-electron chi connectivity index (χ3n) is 2.58. The van der Waals surface area contributed by atoms with E-state index in [1.807, 2.05) is 0 Å². The summed E-state index contributed by atoms with van der Waals surface area (Å²) in [5.41, 5.74) is 5.26. The first kappa shape index (κ1) is 14.3. The van der Waals surface area contributed by atoms with Crippen molar-refractivity contribution in [1.29, 1.82) is 0 Å². The number of H-pyrrole nitrogens is 1. The minimum absolute atomic E-state index is 0.0330. The fraction of sp³-hybridized carbons (Fsp3) is 0.0833. The van der Waals surface area contributed by atoms with Crippen molar-refractivity contribution in [3.63, 3.8) is 0 Å². The molecule has 20 heavy (non-hydrogen) atoms. The van der Waals surface area contributed by atoms with Gasteiger partial charge in [0.25, 0.3) is 5.56 Å². The number of halogens is 1. The molecule has 104 valence electrons. The van der Waals surface area contributed by atoms with Crippen LogP contribution in [-0.4, -0.2) is 20.6 Å². The number of nitrogens with zero attached hydrogens (tertiary/aromatic N) is 1. The molecule has 1 aromatic heterocycles. The van der Waals surface area contributed by atoms with Crippen molar-refractivity contribution in [2.45, 2.75) is 6.54 Å². The third-order valence-corrected chi connectivity index (χ3v) is 3.14. The van der Waals surface area contributed by atoms with E-state index in [4.69, 9.17) is 29.6 Å². The molecule has 0 saturated heterocycles. The molecule has 0 atom stereocenters. The van der Waals surface area contributed by atoms with Gasteiger partial charge in [-0.05, 0) is 30.4 Å². The Morgan fingerprint density at radius 1 is 1.45 bits per heavy atom. The highest BCUT2D eigenvalue weighted by Gasteiger charge is 2.13. The Balaban J connectivity index is 2.78. The number of carbonyl (C=O) groups is 1. The van der Waals surface area contributed by atoms with E-state index in [0.717, 1.165) is 0 Å². The van der Waals surface area contributed by atoms with Gasteiger partial charge < -0.3 is 15.4 Å². The molecular formula is C12H10ClN3O3S. The summed E-state index contributed by atoms with van der Waals surface area (Å²) >= 11 is 10.9. The summed E-state index contributed by atoms with van der Waals surface area (Å²) in [6.45, 7) is -0.225. The maximum atomic E-state index is 11.6. The second kappa shape index (κ2) is 5.48. The quantitative estimate of drug-likeness (QED) is 0.746. The lowest BCUT2D eigenvalue weighted by molar-refractivity contribution is -0.118. The zero-order chi connectivity index (χ0) is 14.9. The summed E-state index contributed by atoms with van der Waals surface area (Å²) in [6, 6.07) is 5.57. The second-order valence-corrected chi connectivity index (χ2v) is 4.86. The second-order valence-electron chi connectivity index (χ2n) is 4.04. The number of primary amides is 1. The van der Waals surface area contributed by atoms with E-state index in [0.29, 0.717) is 5.02 Å². The first-order valence-electron chi connectivity index (χ1n) is 5.50. The van der Waals surface area contributed by atoms with Gasteiger partial charge in [-0.3, -0.25) is 14.6 Å². The minimum atomic E-state index is -0.629. The van der Waals surface area contributed by atoms with E-state index >= 15 is 0 Å². The van der Waals surface area contributed by atoms with Crippen LogP contribution in [0, 0.1) is 4.77 Å². The van der Waals surface area contributed by atoms with Gasteiger partial charge in [-0.15, -0.1) is 0 Å². The molecule has 1 amide bonds. The van der Waals surface area contributed by atoms with Crippen LogP contribution >= 0.6 is 23.8 Å². The molecule has 2 aromatic rings. The average molecular weight is 312 g/mol. The molecule has 0 radical (unpaired) electrons. The number of phenols is 1. The molecule has 0 aliphatic heterocycles. The molecule has 0 unspecified atom stereocenters. The van der Waals surface area contributed by atoms with Crippen LogP contribution in [0.15, 0.2) is 29.1 Å². The highest BCUT2D eigenvalue weighted by Crippen LogP contribution is 2.30. The molecule has 8 heteroatoms. The van der Waals surface area contributed by atoms with Crippen LogP contribution in [-0.2, 0) is 11.3 Å². The highest BCUT2D eigenvalue weighted by atomic mass is 35.5. The highest BCUT2D eigenvalue weighted by molar-refractivity contribution is 7.71. The number of rotatable bonds is 3. The molecule has 0 aliphatic carbocycles. The predicted octanol–water partition coefficient (Wildman–Crippen LogP) is 1.42. The largest absolute Gasteiger partial charge is 0.507 e. The summed E-state index contributed by atoms with van der Waals surface area (Å²) in [4.78, 5) is 25.1. The Morgan fingerprint density at radius 2 is 2.15 bits per heavy atom. The average Bonchev–Trinajstić information content (AvgIpc) is 2.35. The van der Waals surface area contributed by atoms with Gasteiger partial charge in [0.2, 0.25) is 5.91 Å². The van der Waals surface area contributed by atoms with Gasteiger partial charge in [0.15, 0.2) is 4.77 Å². The molecule has 1 heterocycles. The maximum absolute atomic E-state index is 11.6. The van der Waals surface area contributed by atoms with Crippen LogP contribution < -0.4 is 11.3 Å². The van der Waals surface area contributed by atoms with Crippen LogP contribution in [0.25, 0.3) is 11.3 Å². The summed E-state index contributed by atoms with van der Waals surface area (Å²) in [5.74, 6) is -0.719. The van der Waals surface area contributed by atoms with Gasteiger partial charge in [-0.1, -0.05) is 11.6 Å². The fourth-order valence-corrected chi connectivity index (χ4v) is 2.21. The van der Waals surface area contributed by atoms with Gasteiger partial charge in [0.05, 0.1) is 5.69 Å². The lowest BCUT2D eigenvalue weighted by atomic mass is 10.1. The summed E-state index contributed by atoms with van der Waals surface area (Å²) < 4.78 is 1.36. The summed E-state index contributed by atoms with van der Waals surface area (Å²) in [6.07, 6.45) is 0. The van der Waals surface area contributed by atoms with E-state index in [1.54, 1.807) is 0 Å². The molecule has 0 fully saturated rings. The molecule has 0 bridgehead atoms. The molecule has 0 aliphatic rings. The van der Waals surface area contributed by atoms with Crippen molar-refractivity contribution < 1.29 is 9.90 Å². The van der Waals surface area contributed by atoms with Crippen molar-refractivity contribution in [1.82, 2.24) is 9.55 Å².